The van der Waals surface area contributed by atoms with Crippen molar-refractivity contribution in [2.45, 2.75) is 39.5 Å². The molecule has 0 atom stereocenters. The number of fused-ring (bicyclic) bond motifs is 1. The molecule has 0 bridgehead atoms. The quantitative estimate of drug-likeness (QED) is 0.798. The van der Waals surface area contributed by atoms with Gasteiger partial charge in [-0.15, -0.1) is 0 Å². The lowest BCUT2D eigenvalue weighted by Crippen LogP contribution is -2.27. The minimum atomic E-state index is 0.159. The van der Waals surface area contributed by atoms with Crippen LogP contribution in [0.2, 0.25) is 0 Å². The minimum absolute atomic E-state index is 0.159. The smallest absolute Gasteiger partial charge is 0.0349 e. The third-order valence-corrected chi connectivity index (χ3v) is 3.89. The molecule has 0 radical (unpaired) electrons. The van der Waals surface area contributed by atoms with Crippen molar-refractivity contribution >= 4 is 10.8 Å². The fourth-order valence-corrected chi connectivity index (χ4v) is 2.63. The Hall–Kier alpha value is -1.41. The first-order chi connectivity index (χ1) is 9.50. The second-order valence-corrected chi connectivity index (χ2v) is 6.63. The van der Waals surface area contributed by atoms with Gasteiger partial charge in [-0.25, -0.2) is 0 Å². The fraction of sp³-hybridized carbons (Fsp3) is 0.500. The molecule has 0 aliphatic heterocycles. The Labute approximate surface area is 122 Å². The molecule has 20 heavy (non-hydrogen) atoms. The highest BCUT2D eigenvalue weighted by molar-refractivity contribution is 5.85. The summed E-state index contributed by atoms with van der Waals surface area (Å²) in [7, 11) is 0. The zero-order valence-corrected chi connectivity index (χ0v) is 13.1. The standard InChI is InChI=1S/C18H26N2/c1-14(2)12-20-11-9-18(3,4)17-7-5-6-15-8-10-19-13-16(15)17/h5-8,10,13-14,20H,9,11-12H2,1-4H3. The predicted molar refractivity (Wildman–Crippen MR) is 87.1 cm³/mol. The van der Waals surface area contributed by atoms with Crippen molar-refractivity contribution in [1.29, 1.82) is 0 Å². The lowest BCUT2D eigenvalue weighted by molar-refractivity contribution is 0.444. The van der Waals surface area contributed by atoms with Gasteiger partial charge in [0.2, 0.25) is 0 Å². The lowest BCUT2D eigenvalue weighted by Gasteiger charge is -2.27. The van der Waals surface area contributed by atoms with Gasteiger partial charge >= 0.3 is 0 Å². The van der Waals surface area contributed by atoms with Gasteiger partial charge < -0.3 is 5.32 Å². The number of benzene rings is 1. The molecule has 2 aromatic rings. The molecule has 0 aliphatic rings. The highest BCUT2D eigenvalue weighted by atomic mass is 14.9. The summed E-state index contributed by atoms with van der Waals surface area (Å²) in [5, 5.41) is 6.10. The van der Waals surface area contributed by atoms with Crippen LogP contribution < -0.4 is 5.32 Å². The van der Waals surface area contributed by atoms with Gasteiger partial charge in [-0.3, -0.25) is 4.98 Å². The maximum Gasteiger partial charge on any atom is 0.0349 e. The van der Waals surface area contributed by atoms with E-state index in [4.69, 9.17) is 0 Å². The van der Waals surface area contributed by atoms with Crippen LogP contribution in [0.1, 0.15) is 39.7 Å². The largest absolute Gasteiger partial charge is 0.316 e. The van der Waals surface area contributed by atoms with Crippen molar-refractivity contribution < 1.29 is 0 Å². The molecule has 1 heterocycles. The predicted octanol–water partition coefficient (Wildman–Crippen LogP) is 4.15. The van der Waals surface area contributed by atoms with Crippen LogP contribution in [0.4, 0.5) is 0 Å². The lowest BCUT2D eigenvalue weighted by atomic mass is 9.79. The van der Waals surface area contributed by atoms with Crippen molar-refractivity contribution in [3.63, 3.8) is 0 Å². The summed E-state index contributed by atoms with van der Waals surface area (Å²) >= 11 is 0. The summed E-state index contributed by atoms with van der Waals surface area (Å²) in [6.07, 6.45) is 4.99. The Morgan fingerprint density at radius 1 is 1.20 bits per heavy atom. The SMILES string of the molecule is CC(C)CNCCC(C)(C)c1cccc2ccncc12. The van der Waals surface area contributed by atoms with E-state index >= 15 is 0 Å². The van der Waals surface area contributed by atoms with Crippen molar-refractivity contribution in [2.75, 3.05) is 13.1 Å². The van der Waals surface area contributed by atoms with Crippen LogP contribution in [0, 0.1) is 5.92 Å². The second kappa shape index (κ2) is 6.36. The Balaban J connectivity index is 2.15. The van der Waals surface area contributed by atoms with Crippen LogP contribution in [-0.2, 0) is 5.41 Å². The van der Waals surface area contributed by atoms with Crippen LogP contribution in [0.15, 0.2) is 36.7 Å². The topological polar surface area (TPSA) is 24.9 Å². The highest BCUT2D eigenvalue weighted by Gasteiger charge is 2.22. The number of aromatic nitrogens is 1. The van der Waals surface area contributed by atoms with Gasteiger partial charge in [0.25, 0.3) is 0 Å². The van der Waals surface area contributed by atoms with E-state index in [1.54, 1.807) is 0 Å². The second-order valence-electron chi connectivity index (χ2n) is 6.63. The maximum absolute atomic E-state index is 4.29. The number of nitrogens with zero attached hydrogens (tertiary/aromatic N) is 1. The summed E-state index contributed by atoms with van der Waals surface area (Å²) in [6, 6.07) is 8.65. The Morgan fingerprint density at radius 2 is 2.00 bits per heavy atom. The zero-order valence-electron chi connectivity index (χ0n) is 13.1. The van der Waals surface area contributed by atoms with Crippen LogP contribution >= 0.6 is 0 Å². The Kier molecular flexibility index (Phi) is 4.77. The molecule has 1 aromatic carbocycles. The molecule has 0 fully saturated rings. The third kappa shape index (κ3) is 3.57. The molecule has 0 unspecified atom stereocenters. The summed E-state index contributed by atoms with van der Waals surface area (Å²) < 4.78 is 0. The van der Waals surface area contributed by atoms with E-state index in [9.17, 15) is 0 Å². The summed E-state index contributed by atoms with van der Waals surface area (Å²) in [5.74, 6) is 0.708. The van der Waals surface area contributed by atoms with Gasteiger partial charge in [0.1, 0.15) is 0 Å². The Morgan fingerprint density at radius 3 is 2.75 bits per heavy atom. The monoisotopic (exact) mass is 270 g/mol. The molecule has 2 heteroatoms. The molecular formula is C18H26N2. The van der Waals surface area contributed by atoms with Gasteiger partial charge in [0.05, 0.1) is 0 Å². The highest BCUT2D eigenvalue weighted by Crippen LogP contribution is 2.32. The Bertz CT molecular complexity index is 553. The number of hydrogen-bond donors (Lipinski definition) is 1. The van der Waals surface area contributed by atoms with Gasteiger partial charge in [-0.2, -0.15) is 0 Å². The minimum Gasteiger partial charge on any atom is -0.316 e. The van der Waals surface area contributed by atoms with Crippen molar-refractivity contribution in [3.05, 3.63) is 42.2 Å². The number of rotatable bonds is 6. The number of hydrogen-bond acceptors (Lipinski definition) is 2. The van der Waals surface area contributed by atoms with E-state index in [0.29, 0.717) is 5.92 Å². The molecule has 0 aliphatic carbocycles. The van der Waals surface area contributed by atoms with Crippen LogP contribution in [0.25, 0.3) is 10.8 Å². The first kappa shape index (κ1) is 15.0. The third-order valence-electron chi connectivity index (χ3n) is 3.89. The van der Waals surface area contributed by atoms with E-state index in [1.807, 2.05) is 12.4 Å². The molecule has 108 valence electrons. The molecular weight excluding hydrogens is 244 g/mol. The van der Waals surface area contributed by atoms with E-state index in [0.717, 1.165) is 19.5 Å². The first-order valence-electron chi connectivity index (χ1n) is 7.54. The number of pyridine rings is 1. The van der Waals surface area contributed by atoms with Gasteiger partial charge in [-0.05, 0) is 47.9 Å². The summed E-state index contributed by atoms with van der Waals surface area (Å²) in [5.41, 5.74) is 1.56. The molecule has 0 amide bonds. The van der Waals surface area contributed by atoms with Crippen LogP contribution in [0.5, 0.6) is 0 Å². The molecule has 2 rings (SSSR count). The molecule has 0 saturated heterocycles. The molecule has 1 N–H and O–H groups in total. The van der Waals surface area contributed by atoms with Crippen LogP contribution in [-0.4, -0.2) is 18.1 Å². The van der Waals surface area contributed by atoms with Gasteiger partial charge in [-0.1, -0.05) is 45.9 Å². The van der Waals surface area contributed by atoms with E-state index < -0.39 is 0 Å². The van der Waals surface area contributed by atoms with E-state index in [-0.39, 0.29) is 5.41 Å². The fourth-order valence-electron chi connectivity index (χ4n) is 2.63. The molecule has 2 nitrogen and oxygen atoms in total. The summed E-state index contributed by atoms with van der Waals surface area (Å²) in [4.78, 5) is 4.29. The normalized spacial score (nSPS) is 12.2. The van der Waals surface area contributed by atoms with E-state index in [2.05, 4.69) is 62.3 Å². The first-order valence-corrected chi connectivity index (χ1v) is 7.54. The molecule has 0 spiro atoms. The van der Waals surface area contributed by atoms with Crippen molar-refractivity contribution in [3.8, 4) is 0 Å². The maximum atomic E-state index is 4.29. The van der Waals surface area contributed by atoms with Gasteiger partial charge in [0, 0.05) is 17.8 Å². The molecule has 1 aromatic heterocycles. The van der Waals surface area contributed by atoms with Crippen molar-refractivity contribution in [2.24, 2.45) is 5.92 Å². The molecule has 0 saturated carbocycles. The summed E-state index contributed by atoms with van der Waals surface area (Å²) in [6.45, 7) is 11.3. The zero-order chi connectivity index (χ0) is 14.6. The van der Waals surface area contributed by atoms with E-state index in [1.165, 1.54) is 16.3 Å². The average molecular weight is 270 g/mol. The van der Waals surface area contributed by atoms with Gasteiger partial charge in [0.15, 0.2) is 0 Å². The van der Waals surface area contributed by atoms with Crippen molar-refractivity contribution in [1.82, 2.24) is 10.3 Å². The van der Waals surface area contributed by atoms with Crippen LogP contribution in [0.3, 0.4) is 0 Å². The average Bonchev–Trinajstić information content (AvgIpc) is 2.43. The number of nitrogens with one attached hydrogen (secondary N) is 1.